The quantitative estimate of drug-likeness (QED) is 0.607. The Labute approximate surface area is 163 Å². The summed E-state index contributed by atoms with van der Waals surface area (Å²) in [4.78, 5) is 16.5. The molecule has 0 saturated heterocycles. The van der Waals surface area contributed by atoms with E-state index in [0.717, 1.165) is 10.9 Å². The van der Waals surface area contributed by atoms with Gasteiger partial charge in [-0.1, -0.05) is 18.2 Å². The Kier molecular flexibility index (Phi) is 6.23. The molecule has 0 bridgehead atoms. The predicted octanol–water partition coefficient (Wildman–Crippen LogP) is 2.94. The number of ether oxygens (including phenoxy) is 1. The van der Waals surface area contributed by atoms with Crippen molar-refractivity contribution in [1.82, 2.24) is 9.71 Å². The molecule has 0 unspecified atom stereocenters. The molecule has 3 rings (SSSR count). The number of hydrogen-bond donors (Lipinski definition) is 2. The summed E-state index contributed by atoms with van der Waals surface area (Å²) in [5.74, 6) is 0.302. The molecule has 0 aliphatic rings. The number of sulfonamides is 1. The zero-order valence-electron chi connectivity index (χ0n) is 15.4. The molecule has 0 saturated carbocycles. The summed E-state index contributed by atoms with van der Waals surface area (Å²) in [7, 11) is -3.69. The van der Waals surface area contributed by atoms with Crippen LogP contribution in [0, 0.1) is 0 Å². The number of rotatable bonds is 8. The molecule has 146 valence electrons. The topological polar surface area (TPSA) is 97.4 Å². The van der Waals surface area contributed by atoms with Gasteiger partial charge in [-0.3, -0.25) is 9.78 Å². The maximum atomic E-state index is 12.3. The van der Waals surface area contributed by atoms with Crippen LogP contribution in [0.3, 0.4) is 0 Å². The molecule has 2 N–H and O–H groups in total. The number of benzene rings is 2. The summed E-state index contributed by atoms with van der Waals surface area (Å²) >= 11 is 0. The molecule has 7 nitrogen and oxygen atoms in total. The molecular formula is C20H21N3O4S. The number of para-hydroxylation sites is 1. The van der Waals surface area contributed by atoms with E-state index >= 15 is 0 Å². The van der Waals surface area contributed by atoms with Crippen molar-refractivity contribution < 1.29 is 17.9 Å². The average Bonchev–Trinajstić information content (AvgIpc) is 2.68. The lowest BCUT2D eigenvalue weighted by atomic mass is 10.2. The van der Waals surface area contributed by atoms with Gasteiger partial charge in [0.05, 0.1) is 28.9 Å². The van der Waals surface area contributed by atoms with Crippen molar-refractivity contribution in [3.63, 3.8) is 0 Å². The van der Waals surface area contributed by atoms with E-state index in [4.69, 9.17) is 4.74 Å². The van der Waals surface area contributed by atoms with Crippen molar-refractivity contribution in [2.24, 2.45) is 0 Å². The van der Waals surface area contributed by atoms with Crippen LogP contribution < -0.4 is 14.8 Å². The number of amides is 1. The van der Waals surface area contributed by atoms with Crippen LogP contribution in [0.1, 0.15) is 13.3 Å². The first-order valence-corrected chi connectivity index (χ1v) is 10.3. The first-order valence-electron chi connectivity index (χ1n) is 8.85. The van der Waals surface area contributed by atoms with Crippen molar-refractivity contribution in [3.8, 4) is 5.75 Å². The smallest absolute Gasteiger partial charge is 0.240 e. The van der Waals surface area contributed by atoms with Gasteiger partial charge in [0.1, 0.15) is 5.75 Å². The molecular weight excluding hydrogens is 378 g/mol. The number of carbonyl (C=O) groups excluding carboxylic acids is 1. The van der Waals surface area contributed by atoms with Gasteiger partial charge in [-0.05, 0) is 43.3 Å². The van der Waals surface area contributed by atoms with E-state index in [-0.39, 0.29) is 23.8 Å². The maximum absolute atomic E-state index is 12.3. The van der Waals surface area contributed by atoms with Gasteiger partial charge in [-0.15, -0.1) is 0 Å². The molecule has 0 fully saturated rings. The van der Waals surface area contributed by atoms with Crippen LogP contribution in [0.5, 0.6) is 5.75 Å². The molecule has 1 heterocycles. The third-order valence-corrected chi connectivity index (χ3v) is 5.44. The minimum Gasteiger partial charge on any atom is -0.494 e. The molecule has 0 spiro atoms. The second kappa shape index (κ2) is 8.81. The monoisotopic (exact) mass is 399 g/mol. The van der Waals surface area contributed by atoms with Crippen LogP contribution >= 0.6 is 0 Å². The van der Waals surface area contributed by atoms with E-state index in [1.165, 1.54) is 12.1 Å². The number of anilines is 1. The minimum atomic E-state index is -3.69. The normalized spacial score (nSPS) is 11.3. The Morgan fingerprint density at radius 3 is 2.61 bits per heavy atom. The summed E-state index contributed by atoms with van der Waals surface area (Å²) < 4.78 is 32.3. The summed E-state index contributed by atoms with van der Waals surface area (Å²) in [5, 5.41) is 3.64. The summed E-state index contributed by atoms with van der Waals surface area (Å²) in [6.07, 6.45) is 1.58. The number of nitrogens with zero attached hydrogens (tertiary/aromatic N) is 1. The molecule has 0 aliphatic heterocycles. The average molecular weight is 399 g/mol. The predicted molar refractivity (Wildman–Crippen MR) is 108 cm³/mol. The second-order valence-electron chi connectivity index (χ2n) is 6.02. The summed E-state index contributed by atoms with van der Waals surface area (Å²) in [6, 6.07) is 15.5. The van der Waals surface area contributed by atoms with E-state index in [1.54, 1.807) is 18.3 Å². The van der Waals surface area contributed by atoms with Gasteiger partial charge in [0, 0.05) is 18.4 Å². The van der Waals surface area contributed by atoms with E-state index in [2.05, 4.69) is 15.0 Å². The molecule has 0 aliphatic carbocycles. The molecule has 1 amide bonds. The maximum Gasteiger partial charge on any atom is 0.240 e. The molecule has 0 radical (unpaired) electrons. The van der Waals surface area contributed by atoms with Crippen molar-refractivity contribution in [1.29, 1.82) is 0 Å². The third-order valence-electron chi connectivity index (χ3n) is 3.96. The number of aromatic nitrogens is 1. The van der Waals surface area contributed by atoms with Gasteiger partial charge in [0.2, 0.25) is 15.9 Å². The molecule has 2 aromatic carbocycles. The van der Waals surface area contributed by atoms with Crippen LogP contribution in [0.15, 0.2) is 65.7 Å². The largest absolute Gasteiger partial charge is 0.494 e. The first-order chi connectivity index (χ1) is 13.5. The Balaban J connectivity index is 1.53. The van der Waals surface area contributed by atoms with Crippen molar-refractivity contribution in [2.75, 3.05) is 18.5 Å². The molecule has 8 heteroatoms. The number of fused-ring (bicyclic) bond motifs is 1. The highest BCUT2D eigenvalue weighted by Crippen LogP contribution is 2.17. The van der Waals surface area contributed by atoms with Crippen molar-refractivity contribution in [3.05, 3.63) is 60.8 Å². The highest BCUT2D eigenvalue weighted by atomic mass is 32.2. The standard InChI is InChI=1S/C20H21N3O4S/c1-2-27-17-7-9-18(10-8-17)28(25,26)22-12-11-20(24)23-16-13-15-5-3-4-6-19(15)21-14-16/h3-10,13-14,22H,2,11-12H2,1H3,(H,23,24). The van der Waals surface area contributed by atoms with Gasteiger partial charge < -0.3 is 10.1 Å². The Morgan fingerprint density at radius 2 is 1.86 bits per heavy atom. The van der Waals surface area contributed by atoms with Crippen LogP contribution in [-0.4, -0.2) is 32.5 Å². The number of carbonyl (C=O) groups is 1. The Bertz CT molecular complexity index is 1070. The van der Waals surface area contributed by atoms with Gasteiger partial charge in [-0.2, -0.15) is 0 Å². The fourth-order valence-corrected chi connectivity index (χ4v) is 3.66. The van der Waals surface area contributed by atoms with Crippen LogP contribution in [0.4, 0.5) is 5.69 Å². The lowest BCUT2D eigenvalue weighted by molar-refractivity contribution is -0.116. The Hall–Kier alpha value is -2.97. The van der Waals surface area contributed by atoms with Crippen molar-refractivity contribution in [2.45, 2.75) is 18.2 Å². The van der Waals surface area contributed by atoms with Crippen LogP contribution in [0.25, 0.3) is 10.9 Å². The highest BCUT2D eigenvalue weighted by molar-refractivity contribution is 7.89. The summed E-state index contributed by atoms with van der Waals surface area (Å²) in [6.45, 7) is 2.35. The van der Waals surface area contributed by atoms with Gasteiger partial charge in [-0.25, -0.2) is 13.1 Å². The van der Waals surface area contributed by atoms with E-state index in [0.29, 0.717) is 18.0 Å². The Morgan fingerprint density at radius 1 is 1.11 bits per heavy atom. The van der Waals surface area contributed by atoms with Crippen molar-refractivity contribution >= 4 is 32.5 Å². The molecule has 28 heavy (non-hydrogen) atoms. The lowest BCUT2D eigenvalue weighted by Gasteiger charge is -2.09. The van der Waals surface area contributed by atoms with Crippen LogP contribution in [-0.2, 0) is 14.8 Å². The number of hydrogen-bond acceptors (Lipinski definition) is 5. The molecule has 3 aromatic rings. The number of pyridine rings is 1. The first kappa shape index (κ1) is 19.8. The second-order valence-corrected chi connectivity index (χ2v) is 7.78. The van der Waals surface area contributed by atoms with Crippen LogP contribution in [0.2, 0.25) is 0 Å². The fourth-order valence-electron chi connectivity index (χ4n) is 2.63. The van der Waals surface area contributed by atoms with Gasteiger partial charge in [0.15, 0.2) is 0 Å². The zero-order valence-corrected chi connectivity index (χ0v) is 16.2. The highest BCUT2D eigenvalue weighted by Gasteiger charge is 2.14. The third kappa shape index (κ3) is 5.05. The molecule has 0 atom stereocenters. The zero-order chi connectivity index (χ0) is 20.0. The van der Waals surface area contributed by atoms with Gasteiger partial charge >= 0.3 is 0 Å². The fraction of sp³-hybridized carbons (Fsp3) is 0.200. The molecule has 1 aromatic heterocycles. The minimum absolute atomic E-state index is 0.00306. The SMILES string of the molecule is CCOc1ccc(S(=O)(=O)NCCC(=O)Nc2cnc3ccccc3c2)cc1. The number of nitrogens with one attached hydrogen (secondary N) is 2. The summed E-state index contributed by atoms with van der Waals surface area (Å²) in [5.41, 5.74) is 1.40. The lowest BCUT2D eigenvalue weighted by Crippen LogP contribution is -2.27. The van der Waals surface area contributed by atoms with E-state index in [1.807, 2.05) is 37.3 Å². The van der Waals surface area contributed by atoms with E-state index in [9.17, 15) is 13.2 Å². The van der Waals surface area contributed by atoms with Gasteiger partial charge in [0.25, 0.3) is 0 Å². The van der Waals surface area contributed by atoms with E-state index < -0.39 is 10.0 Å².